The van der Waals surface area contributed by atoms with E-state index >= 15 is 0 Å². The Morgan fingerprint density at radius 2 is 1.72 bits per heavy atom. The third-order valence-corrected chi connectivity index (χ3v) is 4.59. The third-order valence-electron chi connectivity index (χ3n) is 4.59. The molecule has 0 saturated heterocycles. The molecule has 0 fully saturated rings. The zero-order valence-electron chi connectivity index (χ0n) is 19.7. The van der Waals surface area contributed by atoms with Crippen LogP contribution in [0.1, 0.15) is 43.9 Å². The lowest BCUT2D eigenvalue weighted by Crippen LogP contribution is -2.22. The van der Waals surface area contributed by atoms with Crippen molar-refractivity contribution in [3.05, 3.63) is 59.7 Å². The first-order chi connectivity index (χ1) is 15.0. The van der Waals surface area contributed by atoms with Crippen molar-refractivity contribution >= 4 is 11.6 Å². The Morgan fingerprint density at radius 1 is 1.16 bits per heavy atom. The van der Waals surface area contributed by atoms with E-state index in [2.05, 4.69) is 30.5 Å². The molecule has 0 radical (unpaired) electrons. The Kier molecular flexibility index (Phi) is 10.3. The second-order valence-corrected chi connectivity index (χ2v) is 7.48. The standard InChI is InChI=1S/C22H25F3N2O2.C3H8/c1-6-18-16(13-26-20(28)7-2)12-19(14(3)21(18)27(4)5)15-8-10-17(11-9-15)29-22(23,24)25;1-3-2/h7-12H,2,6,13H2,1,3-5H3,(H,26,28);3H2,1-2H3. The fourth-order valence-corrected chi connectivity index (χ4v) is 3.42. The molecular formula is C25H33F3N2O2. The van der Waals surface area contributed by atoms with Crippen molar-refractivity contribution < 1.29 is 22.7 Å². The maximum atomic E-state index is 12.4. The molecule has 0 aliphatic heterocycles. The molecule has 2 aromatic rings. The van der Waals surface area contributed by atoms with Crippen LogP contribution in [0.3, 0.4) is 0 Å². The van der Waals surface area contributed by atoms with E-state index in [-0.39, 0.29) is 11.7 Å². The smallest absolute Gasteiger partial charge is 0.406 e. The van der Waals surface area contributed by atoms with Crippen LogP contribution in [0.4, 0.5) is 18.9 Å². The number of nitrogens with one attached hydrogen (secondary N) is 1. The zero-order valence-corrected chi connectivity index (χ0v) is 19.7. The average Bonchev–Trinajstić information content (AvgIpc) is 2.71. The number of hydrogen-bond donors (Lipinski definition) is 1. The van der Waals surface area contributed by atoms with Gasteiger partial charge in [-0.3, -0.25) is 4.79 Å². The van der Waals surface area contributed by atoms with Crippen LogP contribution in [-0.2, 0) is 17.8 Å². The summed E-state index contributed by atoms with van der Waals surface area (Å²) in [4.78, 5) is 13.6. The summed E-state index contributed by atoms with van der Waals surface area (Å²) in [6, 6.07) is 7.76. The lowest BCUT2D eigenvalue weighted by atomic mass is 9.90. The lowest BCUT2D eigenvalue weighted by Gasteiger charge is -2.25. The number of halogens is 3. The molecule has 0 aromatic heterocycles. The van der Waals surface area contributed by atoms with Crippen LogP contribution in [0.15, 0.2) is 43.0 Å². The number of carbonyl (C=O) groups excluding carboxylic acids is 1. The molecule has 7 heteroatoms. The van der Waals surface area contributed by atoms with Gasteiger partial charge in [0.25, 0.3) is 0 Å². The molecule has 0 saturated carbocycles. The summed E-state index contributed by atoms with van der Waals surface area (Å²) < 4.78 is 41.2. The molecular weight excluding hydrogens is 417 g/mol. The lowest BCUT2D eigenvalue weighted by molar-refractivity contribution is -0.274. The van der Waals surface area contributed by atoms with Gasteiger partial charge >= 0.3 is 6.36 Å². The Morgan fingerprint density at radius 3 is 2.16 bits per heavy atom. The van der Waals surface area contributed by atoms with Crippen molar-refractivity contribution in [1.29, 1.82) is 0 Å². The minimum atomic E-state index is -4.73. The van der Waals surface area contributed by atoms with Crippen LogP contribution in [0, 0.1) is 6.92 Å². The van der Waals surface area contributed by atoms with Gasteiger partial charge in [0.15, 0.2) is 0 Å². The van der Waals surface area contributed by atoms with Crippen molar-refractivity contribution in [2.75, 3.05) is 19.0 Å². The second-order valence-electron chi connectivity index (χ2n) is 7.48. The number of alkyl halides is 3. The fraction of sp³-hybridized carbons (Fsp3) is 0.400. The predicted octanol–water partition coefficient (Wildman–Crippen LogP) is 6.41. The van der Waals surface area contributed by atoms with Crippen molar-refractivity contribution in [3.63, 3.8) is 0 Å². The summed E-state index contributed by atoms with van der Waals surface area (Å²) >= 11 is 0. The summed E-state index contributed by atoms with van der Waals surface area (Å²) in [6.07, 6.45) is -1.49. The highest BCUT2D eigenvalue weighted by molar-refractivity contribution is 5.87. The van der Waals surface area contributed by atoms with E-state index in [1.165, 1.54) is 24.6 Å². The van der Waals surface area contributed by atoms with E-state index in [1.807, 2.05) is 38.9 Å². The summed E-state index contributed by atoms with van der Waals surface area (Å²) in [5, 5.41) is 2.80. The first kappa shape index (κ1) is 27.1. The van der Waals surface area contributed by atoms with Crippen molar-refractivity contribution in [2.24, 2.45) is 0 Å². The van der Waals surface area contributed by atoms with Gasteiger partial charge in [-0.05, 0) is 65.4 Å². The Bertz CT molecular complexity index is 905. The molecule has 0 aliphatic rings. The van der Waals surface area contributed by atoms with E-state index in [0.717, 1.165) is 39.9 Å². The van der Waals surface area contributed by atoms with Crippen LogP contribution >= 0.6 is 0 Å². The van der Waals surface area contributed by atoms with E-state index in [1.54, 1.807) is 12.1 Å². The SMILES string of the molecule is C=CC(=O)NCc1cc(-c2ccc(OC(F)(F)F)cc2)c(C)c(N(C)C)c1CC.CCC. The molecule has 2 rings (SSSR count). The van der Waals surface area contributed by atoms with Gasteiger partial charge in [0, 0.05) is 26.3 Å². The van der Waals surface area contributed by atoms with Crippen molar-refractivity contribution in [3.8, 4) is 16.9 Å². The highest BCUT2D eigenvalue weighted by Gasteiger charge is 2.31. The Hall–Kier alpha value is -2.96. The summed E-state index contributed by atoms with van der Waals surface area (Å²) in [5.74, 6) is -0.537. The number of rotatable bonds is 7. The van der Waals surface area contributed by atoms with Crippen LogP contribution in [0.25, 0.3) is 11.1 Å². The number of ether oxygens (including phenoxy) is 1. The van der Waals surface area contributed by atoms with E-state index < -0.39 is 6.36 Å². The molecule has 0 aliphatic carbocycles. The number of hydrogen-bond acceptors (Lipinski definition) is 3. The topological polar surface area (TPSA) is 41.6 Å². The number of amides is 1. The second kappa shape index (κ2) is 12.2. The van der Waals surface area contributed by atoms with Crippen LogP contribution in [0.5, 0.6) is 5.75 Å². The van der Waals surface area contributed by atoms with E-state index in [9.17, 15) is 18.0 Å². The highest BCUT2D eigenvalue weighted by Crippen LogP contribution is 2.37. The predicted molar refractivity (Wildman–Crippen MR) is 125 cm³/mol. The van der Waals surface area contributed by atoms with Gasteiger partial charge in [-0.2, -0.15) is 0 Å². The minimum absolute atomic E-state index is 0.268. The number of benzene rings is 2. The molecule has 1 amide bonds. The number of carbonyl (C=O) groups is 1. The normalized spacial score (nSPS) is 10.7. The van der Waals surface area contributed by atoms with Crippen LogP contribution < -0.4 is 15.0 Å². The fourth-order valence-electron chi connectivity index (χ4n) is 3.42. The molecule has 0 unspecified atom stereocenters. The number of nitrogens with zero attached hydrogens (tertiary/aromatic N) is 1. The summed E-state index contributed by atoms with van der Waals surface area (Å²) in [7, 11) is 3.88. The maximum Gasteiger partial charge on any atom is 0.573 e. The van der Waals surface area contributed by atoms with Crippen molar-refractivity contribution in [2.45, 2.75) is 53.4 Å². The van der Waals surface area contributed by atoms with Crippen LogP contribution in [-0.4, -0.2) is 26.4 Å². The Labute approximate surface area is 189 Å². The summed E-state index contributed by atoms with van der Waals surface area (Å²) in [5.41, 5.74) is 5.74. The molecule has 1 N–H and O–H groups in total. The molecule has 4 nitrogen and oxygen atoms in total. The van der Waals surface area contributed by atoms with Gasteiger partial charge in [-0.25, -0.2) is 0 Å². The van der Waals surface area contributed by atoms with E-state index in [0.29, 0.717) is 6.54 Å². The molecule has 0 bridgehead atoms. The van der Waals surface area contributed by atoms with Gasteiger partial charge in [0.05, 0.1) is 0 Å². The van der Waals surface area contributed by atoms with Crippen LogP contribution in [0.2, 0.25) is 0 Å². The van der Waals surface area contributed by atoms with Gasteiger partial charge in [-0.1, -0.05) is 45.9 Å². The monoisotopic (exact) mass is 450 g/mol. The highest BCUT2D eigenvalue weighted by atomic mass is 19.4. The largest absolute Gasteiger partial charge is 0.573 e. The first-order valence-electron chi connectivity index (χ1n) is 10.6. The molecule has 2 aromatic carbocycles. The molecule has 0 heterocycles. The zero-order chi connectivity index (χ0) is 24.5. The number of anilines is 1. The average molecular weight is 451 g/mol. The quantitative estimate of drug-likeness (QED) is 0.496. The maximum absolute atomic E-state index is 12.4. The van der Waals surface area contributed by atoms with Crippen molar-refractivity contribution in [1.82, 2.24) is 5.32 Å². The molecule has 0 spiro atoms. The third kappa shape index (κ3) is 7.62. The summed E-state index contributed by atoms with van der Waals surface area (Å²) in [6.45, 7) is 12.1. The molecule has 0 atom stereocenters. The van der Waals surface area contributed by atoms with Gasteiger partial charge < -0.3 is 15.0 Å². The van der Waals surface area contributed by atoms with Gasteiger partial charge in [-0.15, -0.1) is 13.2 Å². The van der Waals surface area contributed by atoms with Gasteiger partial charge in [0.2, 0.25) is 5.91 Å². The minimum Gasteiger partial charge on any atom is -0.406 e. The molecule has 176 valence electrons. The molecule has 32 heavy (non-hydrogen) atoms. The van der Waals surface area contributed by atoms with E-state index in [4.69, 9.17) is 0 Å². The van der Waals surface area contributed by atoms with Gasteiger partial charge in [0.1, 0.15) is 5.75 Å². The Balaban J connectivity index is 0.00000161. The first-order valence-corrected chi connectivity index (χ1v) is 10.6.